The van der Waals surface area contributed by atoms with Crippen molar-refractivity contribution in [2.24, 2.45) is 0 Å². The fourth-order valence-corrected chi connectivity index (χ4v) is 6.87. The highest BCUT2D eigenvalue weighted by Crippen LogP contribution is 2.40. The number of amides is 1. The van der Waals surface area contributed by atoms with Gasteiger partial charge in [0.15, 0.2) is 5.13 Å². The smallest absolute Gasteiger partial charge is 0.261 e. The van der Waals surface area contributed by atoms with E-state index in [1.165, 1.54) is 25.3 Å². The second-order valence-corrected chi connectivity index (χ2v) is 12.3. The lowest BCUT2D eigenvalue weighted by atomic mass is 10.2. The maximum absolute atomic E-state index is 12.8. The summed E-state index contributed by atoms with van der Waals surface area (Å²) in [6, 6.07) is 16.3. The number of nitrogens with zero attached hydrogens (tertiary/aromatic N) is 3. The first-order valence-corrected chi connectivity index (χ1v) is 15.6. The molecule has 5 rings (SSSR count). The number of carbonyl (C=O) groups excluding carboxylic acids is 1. The van der Waals surface area contributed by atoms with Gasteiger partial charge in [0, 0.05) is 50.5 Å². The van der Waals surface area contributed by atoms with Gasteiger partial charge in [-0.25, -0.2) is 13.4 Å². The summed E-state index contributed by atoms with van der Waals surface area (Å²) in [5.74, 6) is 1.80. The van der Waals surface area contributed by atoms with Crippen LogP contribution in [-0.4, -0.2) is 84.8 Å². The Hall–Kier alpha value is -4.07. The molecule has 2 N–H and O–H groups in total. The average Bonchev–Trinajstić information content (AvgIpc) is 3.46. The Morgan fingerprint density at radius 2 is 1.64 bits per heavy atom. The third-order valence-corrected chi connectivity index (χ3v) is 9.53. The molecule has 0 aliphatic carbocycles. The molecular formula is C29H33N5O6S2. The van der Waals surface area contributed by atoms with Crippen LogP contribution in [0.15, 0.2) is 65.6 Å². The molecule has 1 amide bonds. The quantitative estimate of drug-likeness (QED) is 0.262. The van der Waals surface area contributed by atoms with Crippen molar-refractivity contribution in [1.29, 1.82) is 0 Å². The molecule has 13 heteroatoms. The Morgan fingerprint density at radius 1 is 0.929 bits per heavy atom. The summed E-state index contributed by atoms with van der Waals surface area (Å²) in [6.45, 7) is 4.47. The Labute approximate surface area is 249 Å². The molecule has 11 nitrogen and oxygen atoms in total. The highest BCUT2D eigenvalue weighted by Gasteiger charge is 2.22. The van der Waals surface area contributed by atoms with E-state index in [4.69, 9.17) is 19.2 Å². The van der Waals surface area contributed by atoms with Crippen molar-refractivity contribution in [3.63, 3.8) is 0 Å². The topological polar surface area (TPSA) is 122 Å². The van der Waals surface area contributed by atoms with Gasteiger partial charge in [0.05, 0.1) is 26.2 Å². The van der Waals surface area contributed by atoms with Crippen molar-refractivity contribution in [1.82, 2.24) is 15.2 Å². The van der Waals surface area contributed by atoms with Gasteiger partial charge in [0.25, 0.3) is 15.9 Å². The number of sulfonamides is 1. The molecule has 1 fully saturated rings. The molecule has 0 radical (unpaired) electrons. The van der Waals surface area contributed by atoms with E-state index in [0.29, 0.717) is 30.1 Å². The summed E-state index contributed by atoms with van der Waals surface area (Å²) in [5.41, 5.74) is 1.48. The zero-order valence-electron chi connectivity index (χ0n) is 23.6. The van der Waals surface area contributed by atoms with Gasteiger partial charge >= 0.3 is 0 Å². The van der Waals surface area contributed by atoms with Crippen molar-refractivity contribution in [3.8, 4) is 17.2 Å². The second kappa shape index (κ2) is 12.8. The maximum Gasteiger partial charge on any atom is 0.261 e. The van der Waals surface area contributed by atoms with E-state index in [1.807, 2.05) is 12.1 Å². The number of fused-ring (bicyclic) bond motifs is 1. The van der Waals surface area contributed by atoms with E-state index in [9.17, 15) is 13.2 Å². The fraction of sp³-hybridized carbons (Fsp3) is 0.310. The number of carbonyl (C=O) groups is 1. The van der Waals surface area contributed by atoms with Gasteiger partial charge in [0.2, 0.25) is 0 Å². The number of rotatable bonds is 11. The summed E-state index contributed by atoms with van der Waals surface area (Å²) in [5, 5.41) is 3.88. The molecular weight excluding hydrogens is 578 g/mol. The monoisotopic (exact) mass is 611 g/mol. The maximum atomic E-state index is 12.8. The van der Waals surface area contributed by atoms with Crippen LogP contribution >= 0.6 is 11.3 Å². The number of nitrogens with one attached hydrogen (secondary N) is 2. The van der Waals surface area contributed by atoms with Crippen LogP contribution in [0.5, 0.6) is 17.2 Å². The molecule has 1 aliphatic heterocycles. The Kier molecular flexibility index (Phi) is 9.00. The van der Waals surface area contributed by atoms with Crippen molar-refractivity contribution in [2.75, 3.05) is 70.2 Å². The largest absolute Gasteiger partial charge is 0.497 e. The number of hydrogen-bond acceptors (Lipinski definition) is 10. The van der Waals surface area contributed by atoms with Gasteiger partial charge in [-0.3, -0.25) is 14.4 Å². The standard InChI is InChI=1S/C29H33N5O6S2/c1-38-22-7-9-23(10-8-22)42(36,37)32-21-6-4-5-20(19-21)28(35)30-13-14-33-15-17-34(18-16-33)29-31-26-24(39-2)11-12-25(40-3)27(26)41-29/h4-12,19,32H,13-18H2,1-3H3,(H,30,35). The van der Waals surface area contributed by atoms with Gasteiger partial charge in [-0.15, -0.1) is 0 Å². The van der Waals surface area contributed by atoms with E-state index in [2.05, 4.69) is 19.8 Å². The number of methoxy groups -OCH3 is 3. The summed E-state index contributed by atoms with van der Waals surface area (Å²) >= 11 is 1.60. The van der Waals surface area contributed by atoms with Crippen LogP contribution in [0.1, 0.15) is 10.4 Å². The molecule has 0 unspecified atom stereocenters. The van der Waals surface area contributed by atoms with Crippen LogP contribution in [0.25, 0.3) is 10.2 Å². The van der Waals surface area contributed by atoms with Gasteiger partial charge < -0.3 is 24.4 Å². The number of aromatic nitrogens is 1. The van der Waals surface area contributed by atoms with Crippen molar-refractivity contribution in [3.05, 3.63) is 66.2 Å². The molecule has 1 aliphatic rings. The molecule has 1 saturated heterocycles. The summed E-state index contributed by atoms with van der Waals surface area (Å²) in [6.07, 6.45) is 0. The first-order chi connectivity index (χ1) is 20.3. The van der Waals surface area contributed by atoms with Crippen LogP contribution in [-0.2, 0) is 10.0 Å². The number of anilines is 2. The van der Waals surface area contributed by atoms with E-state index in [0.717, 1.165) is 53.0 Å². The Bertz CT molecular complexity index is 1610. The first kappa shape index (κ1) is 29.4. The van der Waals surface area contributed by atoms with Crippen molar-refractivity contribution in [2.45, 2.75) is 4.90 Å². The summed E-state index contributed by atoms with van der Waals surface area (Å²) in [7, 11) is 0.990. The Morgan fingerprint density at radius 3 is 2.33 bits per heavy atom. The van der Waals surface area contributed by atoms with Crippen LogP contribution in [0, 0.1) is 0 Å². The molecule has 0 spiro atoms. The van der Waals surface area contributed by atoms with Crippen LogP contribution in [0.3, 0.4) is 0 Å². The molecule has 222 valence electrons. The minimum Gasteiger partial charge on any atom is -0.497 e. The second-order valence-electron chi connectivity index (χ2n) is 9.59. The van der Waals surface area contributed by atoms with Crippen molar-refractivity contribution < 1.29 is 27.4 Å². The van der Waals surface area contributed by atoms with E-state index >= 15 is 0 Å². The molecule has 0 atom stereocenters. The van der Waals surface area contributed by atoms with Crippen LogP contribution in [0.2, 0.25) is 0 Å². The number of hydrogen-bond donors (Lipinski definition) is 2. The molecule has 0 bridgehead atoms. The van der Waals surface area contributed by atoms with Gasteiger partial charge in [-0.1, -0.05) is 17.4 Å². The highest BCUT2D eigenvalue weighted by atomic mass is 32.2. The number of benzene rings is 3. The normalized spacial score (nSPS) is 14.0. The van der Waals surface area contributed by atoms with E-state index < -0.39 is 10.0 Å². The fourth-order valence-electron chi connectivity index (χ4n) is 4.69. The molecule has 3 aromatic carbocycles. The molecule has 0 saturated carbocycles. The van der Waals surface area contributed by atoms with Gasteiger partial charge in [-0.2, -0.15) is 0 Å². The van der Waals surface area contributed by atoms with Gasteiger partial charge in [-0.05, 0) is 54.6 Å². The lowest BCUT2D eigenvalue weighted by Gasteiger charge is -2.34. The average molecular weight is 612 g/mol. The zero-order chi connectivity index (χ0) is 29.7. The number of ether oxygens (including phenoxy) is 3. The minimum absolute atomic E-state index is 0.0980. The lowest BCUT2D eigenvalue weighted by Crippen LogP contribution is -2.48. The first-order valence-electron chi connectivity index (χ1n) is 13.4. The predicted octanol–water partition coefficient (Wildman–Crippen LogP) is 3.67. The zero-order valence-corrected chi connectivity index (χ0v) is 25.3. The third kappa shape index (κ3) is 6.53. The van der Waals surface area contributed by atoms with Gasteiger partial charge in [0.1, 0.15) is 27.5 Å². The predicted molar refractivity (Wildman–Crippen MR) is 164 cm³/mol. The SMILES string of the molecule is COc1ccc(S(=O)(=O)Nc2cccc(C(=O)NCCN3CCN(c4nc5c(OC)ccc(OC)c5s4)CC3)c2)cc1. The van der Waals surface area contributed by atoms with E-state index in [-0.39, 0.29) is 10.8 Å². The molecule has 4 aromatic rings. The number of piperazine rings is 1. The van der Waals surface area contributed by atoms with Crippen LogP contribution in [0.4, 0.5) is 10.8 Å². The molecule has 42 heavy (non-hydrogen) atoms. The summed E-state index contributed by atoms with van der Waals surface area (Å²) in [4.78, 5) is 22.3. The Balaban J connectivity index is 1.12. The third-order valence-electron chi connectivity index (χ3n) is 7.00. The number of thiazole rings is 1. The van der Waals surface area contributed by atoms with E-state index in [1.54, 1.807) is 55.9 Å². The van der Waals surface area contributed by atoms with Crippen molar-refractivity contribution >= 4 is 48.3 Å². The minimum atomic E-state index is -3.82. The molecule has 2 heterocycles. The molecule has 1 aromatic heterocycles. The highest BCUT2D eigenvalue weighted by molar-refractivity contribution is 7.92. The summed E-state index contributed by atoms with van der Waals surface area (Å²) < 4.78 is 45.1. The lowest BCUT2D eigenvalue weighted by molar-refractivity contribution is 0.0947. The van der Waals surface area contributed by atoms with Crippen LogP contribution < -0.4 is 29.1 Å².